The number of aromatic nitrogens is 1. The maximum atomic E-state index is 12.1. The fourth-order valence-corrected chi connectivity index (χ4v) is 2.54. The summed E-state index contributed by atoms with van der Waals surface area (Å²) in [4.78, 5) is 27.0. The number of nitrogens with zero attached hydrogens (tertiary/aromatic N) is 1. The second-order valence-corrected chi connectivity index (χ2v) is 5.84. The minimum Gasteiger partial charge on any atom is -0.481 e. The van der Waals surface area contributed by atoms with E-state index in [1.54, 1.807) is 12.1 Å². The number of aliphatic carboxylic acids is 1. The first kappa shape index (κ1) is 16.0. The number of hydrogen-bond acceptors (Lipinski definition) is 4. The summed E-state index contributed by atoms with van der Waals surface area (Å²) in [7, 11) is 0. The fraction of sp³-hybridized carbons (Fsp3) is 0.278. The van der Waals surface area contributed by atoms with E-state index in [2.05, 4.69) is 10.3 Å². The third kappa shape index (κ3) is 3.90. The van der Waals surface area contributed by atoms with Crippen LogP contribution in [0.2, 0.25) is 0 Å². The van der Waals surface area contributed by atoms with E-state index in [-0.39, 0.29) is 17.9 Å². The summed E-state index contributed by atoms with van der Waals surface area (Å²) in [5.74, 6) is -0.944. The molecule has 0 spiro atoms. The van der Waals surface area contributed by atoms with E-state index < -0.39 is 5.97 Å². The Hall–Kier alpha value is -2.89. The Labute approximate surface area is 139 Å². The molecule has 1 heterocycles. The summed E-state index contributed by atoms with van der Waals surface area (Å²) >= 11 is 0. The number of nitrogens with one attached hydrogen (secondary N) is 1. The predicted molar refractivity (Wildman–Crippen MR) is 86.6 cm³/mol. The first-order valence-corrected chi connectivity index (χ1v) is 7.78. The van der Waals surface area contributed by atoms with Gasteiger partial charge in [-0.15, -0.1) is 0 Å². The molecule has 0 saturated heterocycles. The standard InChI is InChI=1S/C18H18N2O4/c21-17(20-15-8-14(9-15)18(22)23)13-6-7-16(19-10-13)24-11-12-4-2-1-3-5-12/h1-7,10,14-15H,8-9,11H2,(H,20,21)(H,22,23). The van der Waals surface area contributed by atoms with Gasteiger partial charge in [0, 0.05) is 18.3 Å². The Morgan fingerprint density at radius 3 is 2.54 bits per heavy atom. The number of carboxylic acid groups (broad SMARTS) is 1. The number of benzene rings is 1. The van der Waals surface area contributed by atoms with Crippen molar-refractivity contribution in [3.05, 3.63) is 59.8 Å². The molecule has 1 amide bonds. The van der Waals surface area contributed by atoms with Crippen LogP contribution in [0.4, 0.5) is 0 Å². The molecular formula is C18H18N2O4. The van der Waals surface area contributed by atoms with E-state index in [0.29, 0.717) is 30.9 Å². The van der Waals surface area contributed by atoms with Crippen LogP contribution in [0.25, 0.3) is 0 Å². The van der Waals surface area contributed by atoms with Gasteiger partial charge in [-0.1, -0.05) is 30.3 Å². The number of hydrogen-bond donors (Lipinski definition) is 2. The van der Waals surface area contributed by atoms with Gasteiger partial charge in [0.1, 0.15) is 6.61 Å². The number of carbonyl (C=O) groups is 2. The zero-order valence-electron chi connectivity index (χ0n) is 13.0. The van der Waals surface area contributed by atoms with Crippen molar-refractivity contribution in [2.24, 2.45) is 5.92 Å². The molecular weight excluding hydrogens is 308 g/mol. The summed E-state index contributed by atoms with van der Waals surface area (Å²) in [6.07, 6.45) is 2.42. The molecule has 1 aliphatic rings. The number of carboxylic acids is 1. The number of rotatable bonds is 6. The van der Waals surface area contributed by atoms with Gasteiger partial charge in [-0.25, -0.2) is 4.98 Å². The highest BCUT2D eigenvalue weighted by atomic mass is 16.5. The minimum absolute atomic E-state index is 0.0763. The van der Waals surface area contributed by atoms with Crippen molar-refractivity contribution in [3.8, 4) is 5.88 Å². The average molecular weight is 326 g/mol. The van der Waals surface area contributed by atoms with Crippen LogP contribution in [0.5, 0.6) is 5.88 Å². The van der Waals surface area contributed by atoms with E-state index in [4.69, 9.17) is 9.84 Å². The predicted octanol–water partition coefficient (Wildman–Crippen LogP) is 2.25. The molecule has 6 nitrogen and oxygen atoms in total. The maximum absolute atomic E-state index is 12.1. The van der Waals surface area contributed by atoms with Gasteiger partial charge in [0.25, 0.3) is 5.91 Å². The van der Waals surface area contributed by atoms with Crippen molar-refractivity contribution in [1.82, 2.24) is 10.3 Å². The Balaban J connectivity index is 1.49. The monoisotopic (exact) mass is 326 g/mol. The molecule has 124 valence electrons. The van der Waals surface area contributed by atoms with Gasteiger partial charge in [0.15, 0.2) is 0 Å². The van der Waals surface area contributed by atoms with Crippen LogP contribution in [0, 0.1) is 5.92 Å². The Bertz CT molecular complexity index is 710. The van der Waals surface area contributed by atoms with E-state index in [1.165, 1.54) is 6.20 Å². The lowest BCUT2D eigenvalue weighted by atomic mass is 9.80. The van der Waals surface area contributed by atoms with E-state index in [9.17, 15) is 9.59 Å². The van der Waals surface area contributed by atoms with Gasteiger partial charge in [-0.05, 0) is 24.5 Å². The first-order valence-electron chi connectivity index (χ1n) is 7.78. The molecule has 1 aliphatic carbocycles. The average Bonchev–Trinajstić information content (AvgIpc) is 2.56. The molecule has 1 saturated carbocycles. The van der Waals surface area contributed by atoms with Crippen LogP contribution in [0.3, 0.4) is 0 Å². The Morgan fingerprint density at radius 2 is 1.92 bits per heavy atom. The van der Waals surface area contributed by atoms with Crippen molar-refractivity contribution in [3.63, 3.8) is 0 Å². The third-order valence-corrected chi connectivity index (χ3v) is 4.05. The van der Waals surface area contributed by atoms with Crippen molar-refractivity contribution >= 4 is 11.9 Å². The lowest BCUT2D eigenvalue weighted by molar-refractivity contribution is -0.145. The summed E-state index contributed by atoms with van der Waals surface area (Å²) in [5.41, 5.74) is 1.47. The molecule has 2 N–H and O–H groups in total. The molecule has 1 fully saturated rings. The van der Waals surface area contributed by atoms with Crippen LogP contribution in [0.1, 0.15) is 28.8 Å². The van der Waals surface area contributed by atoms with Gasteiger partial charge in [-0.2, -0.15) is 0 Å². The lowest BCUT2D eigenvalue weighted by Gasteiger charge is -2.32. The fourth-order valence-electron chi connectivity index (χ4n) is 2.54. The number of amides is 1. The topological polar surface area (TPSA) is 88.5 Å². The molecule has 6 heteroatoms. The Morgan fingerprint density at radius 1 is 1.17 bits per heavy atom. The highest BCUT2D eigenvalue weighted by molar-refractivity contribution is 5.94. The second kappa shape index (κ2) is 7.12. The second-order valence-electron chi connectivity index (χ2n) is 5.84. The van der Waals surface area contributed by atoms with Gasteiger partial charge >= 0.3 is 5.97 Å². The molecule has 0 bridgehead atoms. The zero-order valence-corrected chi connectivity index (χ0v) is 13.0. The molecule has 0 atom stereocenters. The first-order chi connectivity index (χ1) is 11.6. The molecule has 0 aliphatic heterocycles. The van der Waals surface area contributed by atoms with Gasteiger partial charge < -0.3 is 15.2 Å². The molecule has 1 aromatic heterocycles. The molecule has 24 heavy (non-hydrogen) atoms. The smallest absolute Gasteiger partial charge is 0.306 e. The number of ether oxygens (including phenoxy) is 1. The summed E-state index contributed by atoms with van der Waals surface area (Å²) in [6.45, 7) is 0.415. The van der Waals surface area contributed by atoms with Crippen LogP contribution in [-0.4, -0.2) is 28.0 Å². The van der Waals surface area contributed by atoms with E-state index in [0.717, 1.165) is 5.56 Å². The minimum atomic E-state index is -0.804. The highest BCUT2D eigenvalue weighted by Crippen LogP contribution is 2.27. The number of pyridine rings is 1. The summed E-state index contributed by atoms with van der Waals surface area (Å²) in [5, 5.41) is 11.6. The SMILES string of the molecule is O=C(NC1CC(C(=O)O)C1)c1ccc(OCc2ccccc2)nc1. The normalized spacial score (nSPS) is 19.2. The van der Waals surface area contributed by atoms with E-state index >= 15 is 0 Å². The molecule has 0 radical (unpaired) electrons. The van der Waals surface area contributed by atoms with Crippen LogP contribution in [0.15, 0.2) is 48.7 Å². The maximum Gasteiger partial charge on any atom is 0.306 e. The van der Waals surface area contributed by atoms with Crippen LogP contribution >= 0.6 is 0 Å². The van der Waals surface area contributed by atoms with Crippen molar-refractivity contribution in [2.75, 3.05) is 0 Å². The van der Waals surface area contributed by atoms with Crippen molar-refractivity contribution in [2.45, 2.75) is 25.5 Å². The highest BCUT2D eigenvalue weighted by Gasteiger charge is 2.35. The molecule has 2 aromatic rings. The van der Waals surface area contributed by atoms with Gasteiger partial charge in [-0.3, -0.25) is 9.59 Å². The Kier molecular flexibility index (Phi) is 4.74. The summed E-state index contributed by atoms with van der Waals surface area (Å²) in [6, 6.07) is 13.0. The van der Waals surface area contributed by atoms with Crippen molar-refractivity contribution < 1.29 is 19.4 Å². The van der Waals surface area contributed by atoms with Crippen LogP contribution in [-0.2, 0) is 11.4 Å². The van der Waals surface area contributed by atoms with Crippen LogP contribution < -0.4 is 10.1 Å². The lowest BCUT2D eigenvalue weighted by Crippen LogP contribution is -2.46. The van der Waals surface area contributed by atoms with Crippen molar-refractivity contribution in [1.29, 1.82) is 0 Å². The largest absolute Gasteiger partial charge is 0.481 e. The zero-order chi connectivity index (χ0) is 16.9. The molecule has 3 rings (SSSR count). The summed E-state index contributed by atoms with van der Waals surface area (Å²) < 4.78 is 5.57. The van der Waals surface area contributed by atoms with Gasteiger partial charge in [0.05, 0.1) is 11.5 Å². The number of carbonyl (C=O) groups excluding carboxylic acids is 1. The van der Waals surface area contributed by atoms with Gasteiger partial charge in [0.2, 0.25) is 5.88 Å². The quantitative estimate of drug-likeness (QED) is 0.850. The molecule has 0 unspecified atom stereocenters. The third-order valence-electron chi connectivity index (χ3n) is 4.05. The van der Waals surface area contributed by atoms with E-state index in [1.807, 2.05) is 30.3 Å². The molecule has 1 aromatic carbocycles.